The highest BCUT2D eigenvalue weighted by atomic mass is 35.5. The first-order valence-electron chi connectivity index (χ1n) is 8.53. The summed E-state index contributed by atoms with van der Waals surface area (Å²) in [5, 5.41) is 1.23. The van der Waals surface area contributed by atoms with E-state index in [4.69, 9.17) is 0 Å². The summed E-state index contributed by atoms with van der Waals surface area (Å²) in [5.41, 5.74) is 4.77. The number of hydrogen-bond acceptors (Lipinski definition) is 2. The maximum Gasteiger partial charge on any atom is 0.153 e. The standard InChI is InChI=1S/C21H24FN3.ClH/c1-5-6-13-25-16(3)15(2)19-11-12-23-21(20(19)25)24(4)14-17-7-9-18(22)10-8-17;/h5,7-12H,1,6,13-14H2,2-4H3;1H. The lowest BCUT2D eigenvalue weighted by molar-refractivity contribution is 0.627. The third kappa shape index (κ3) is 3.75. The lowest BCUT2D eigenvalue weighted by Gasteiger charge is -2.21. The summed E-state index contributed by atoms with van der Waals surface area (Å²) in [5.74, 6) is 0.735. The molecule has 0 aliphatic rings. The Hall–Kier alpha value is -2.33. The van der Waals surface area contributed by atoms with E-state index in [1.807, 2.05) is 31.5 Å². The maximum absolute atomic E-state index is 13.1. The first-order chi connectivity index (χ1) is 12.0. The molecule has 0 aliphatic heterocycles. The normalized spacial score (nSPS) is 10.6. The van der Waals surface area contributed by atoms with E-state index in [2.05, 4.69) is 40.9 Å². The van der Waals surface area contributed by atoms with E-state index < -0.39 is 0 Å². The van der Waals surface area contributed by atoms with Crippen LogP contribution in [0.25, 0.3) is 10.9 Å². The van der Waals surface area contributed by atoms with Gasteiger partial charge < -0.3 is 9.47 Å². The molecule has 5 heteroatoms. The van der Waals surface area contributed by atoms with Gasteiger partial charge in [0.25, 0.3) is 0 Å². The van der Waals surface area contributed by atoms with Gasteiger partial charge in [0, 0.05) is 37.4 Å². The molecule has 0 unspecified atom stereocenters. The van der Waals surface area contributed by atoms with Crippen molar-refractivity contribution < 1.29 is 4.39 Å². The number of allylic oxidation sites excluding steroid dienone is 1. The first-order valence-corrected chi connectivity index (χ1v) is 8.53. The van der Waals surface area contributed by atoms with E-state index in [9.17, 15) is 4.39 Å². The Bertz CT molecular complexity index is 900. The molecule has 3 rings (SSSR count). The molecular formula is C21H25ClFN3. The highest BCUT2D eigenvalue weighted by molar-refractivity contribution is 5.93. The van der Waals surface area contributed by atoms with Gasteiger partial charge in [0.2, 0.25) is 0 Å². The summed E-state index contributed by atoms with van der Waals surface area (Å²) < 4.78 is 15.5. The third-order valence-corrected chi connectivity index (χ3v) is 4.78. The molecule has 0 bridgehead atoms. The zero-order valence-corrected chi connectivity index (χ0v) is 16.3. The van der Waals surface area contributed by atoms with Gasteiger partial charge in [-0.25, -0.2) is 9.37 Å². The lowest BCUT2D eigenvalue weighted by atomic mass is 10.2. The van der Waals surface area contributed by atoms with Gasteiger partial charge in [0.15, 0.2) is 5.82 Å². The van der Waals surface area contributed by atoms with Crippen LogP contribution in [0.4, 0.5) is 10.2 Å². The SMILES string of the molecule is C=CCCn1c(C)c(C)c2ccnc(N(C)Cc3ccc(F)cc3)c21.Cl. The number of anilines is 1. The van der Waals surface area contributed by atoms with Crippen LogP contribution < -0.4 is 4.90 Å². The van der Waals surface area contributed by atoms with Crippen LogP contribution in [0.5, 0.6) is 0 Å². The fourth-order valence-electron chi connectivity index (χ4n) is 3.29. The van der Waals surface area contributed by atoms with Crippen molar-refractivity contribution in [2.24, 2.45) is 0 Å². The maximum atomic E-state index is 13.1. The summed E-state index contributed by atoms with van der Waals surface area (Å²) in [6.07, 6.45) is 4.72. The van der Waals surface area contributed by atoms with E-state index >= 15 is 0 Å². The molecule has 138 valence electrons. The molecule has 1 aromatic carbocycles. The Labute approximate surface area is 160 Å². The van der Waals surface area contributed by atoms with Crippen molar-refractivity contribution in [2.75, 3.05) is 11.9 Å². The first kappa shape index (κ1) is 20.0. The van der Waals surface area contributed by atoms with Crippen molar-refractivity contribution in [2.45, 2.75) is 33.4 Å². The van der Waals surface area contributed by atoms with Gasteiger partial charge in [-0.3, -0.25) is 0 Å². The number of nitrogens with zero attached hydrogens (tertiary/aromatic N) is 3. The van der Waals surface area contributed by atoms with Crippen molar-refractivity contribution in [1.82, 2.24) is 9.55 Å². The van der Waals surface area contributed by atoms with E-state index in [-0.39, 0.29) is 18.2 Å². The fourth-order valence-corrected chi connectivity index (χ4v) is 3.29. The monoisotopic (exact) mass is 373 g/mol. The molecule has 0 atom stereocenters. The molecule has 0 fully saturated rings. The van der Waals surface area contributed by atoms with E-state index in [0.717, 1.165) is 29.9 Å². The summed E-state index contributed by atoms with van der Waals surface area (Å²) in [7, 11) is 2.03. The molecule has 0 N–H and O–H groups in total. The quantitative estimate of drug-likeness (QED) is 0.537. The molecular weight excluding hydrogens is 349 g/mol. The smallest absolute Gasteiger partial charge is 0.153 e. The molecule has 0 aliphatic carbocycles. The zero-order chi connectivity index (χ0) is 18.0. The molecule has 3 aromatic rings. The van der Waals surface area contributed by atoms with Crippen LogP contribution in [0.3, 0.4) is 0 Å². The Morgan fingerprint density at radius 2 is 1.88 bits per heavy atom. The van der Waals surface area contributed by atoms with Gasteiger partial charge in [0.1, 0.15) is 5.82 Å². The second-order valence-corrected chi connectivity index (χ2v) is 6.45. The lowest BCUT2D eigenvalue weighted by Crippen LogP contribution is -2.19. The number of aromatic nitrogens is 2. The molecule has 2 aromatic heterocycles. The van der Waals surface area contributed by atoms with E-state index in [0.29, 0.717) is 6.54 Å². The molecule has 26 heavy (non-hydrogen) atoms. The number of pyridine rings is 1. The Balaban J connectivity index is 0.00000243. The summed E-state index contributed by atoms with van der Waals surface area (Å²) in [6.45, 7) is 9.73. The second-order valence-electron chi connectivity index (χ2n) is 6.45. The Morgan fingerprint density at radius 1 is 1.19 bits per heavy atom. The molecule has 3 nitrogen and oxygen atoms in total. The number of aryl methyl sites for hydroxylation is 2. The Morgan fingerprint density at radius 3 is 2.54 bits per heavy atom. The van der Waals surface area contributed by atoms with Crippen LogP contribution in [0.1, 0.15) is 23.2 Å². The molecule has 0 saturated heterocycles. The van der Waals surface area contributed by atoms with Crippen LogP contribution in [-0.4, -0.2) is 16.6 Å². The average molecular weight is 374 g/mol. The van der Waals surface area contributed by atoms with Gasteiger partial charge >= 0.3 is 0 Å². The van der Waals surface area contributed by atoms with Crippen molar-refractivity contribution in [3.63, 3.8) is 0 Å². The summed E-state index contributed by atoms with van der Waals surface area (Å²) in [4.78, 5) is 6.77. The number of halogens is 2. The predicted octanol–water partition coefficient (Wildman–Crippen LogP) is 5.43. The number of fused-ring (bicyclic) bond motifs is 1. The van der Waals surface area contributed by atoms with Crippen LogP contribution in [-0.2, 0) is 13.1 Å². The number of benzene rings is 1. The second kappa shape index (κ2) is 8.37. The van der Waals surface area contributed by atoms with Crippen LogP contribution in [0.15, 0.2) is 49.2 Å². The Kier molecular flexibility index (Phi) is 6.43. The molecule has 0 radical (unpaired) electrons. The number of hydrogen-bond donors (Lipinski definition) is 0. The molecule has 0 amide bonds. The van der Waals surface area contributed by atoms with Gasteiger partial charge in [-0.05, 0) is 49.6 Å². The summed E-state index contributed by atoms with van der Waals surface area (Å²) >= 11 is 0. The average Bonchev–Trinajstić information content (AvgIpc) is 2.86. The fraction of sp³-hybridized carbons (Fsp3) is 0.286. The largest absolute Gasteiger partial charge is 0.354 e. The van der Waals surface area contributed by atoms with Gasteiger partial charge in [-0.1, -0.05) is 18.2 Å². The van der Waals surface area contributed by atoms with Crippen molar-refractivity contribution in [3.8, 4) is 0 Å². The summed E-state index contributed by atoms with van der Waals surface area (Å²) in [6, 6.07) is 8.71. The minimum absolute atomic E-state index is 0. The third-order valence-electron chi connectivity index (χ3n) is 4.78. The minimum atomic E-state index is -0.212. The molecule has 0 spiro atoms. The van der Waals surface area contributed by atoms with Crippen LogP contribution in [0.2, 0.25) is 0 Å². The highest BCUT2D eigenvalue weighted by Gasteiger charge is 2.17. The van der Waals surface area contributed by atoms with Gasteiger partial charge in [-0.15, -0.1) is 19.0 Å². The van der Waals surface area contributed by atoms with E-state index in [1.54, 1.807) is 0 Å². The zero-order valence-electron chi connectivity index (χ0n) is 15.5. The van der Waals surface area contributed by atoms with Crippen molar-refractivity contribution in [3.05, 3.63) is 71.8 Å². The van der Waals surface area contributed by atoms with Gasteiger partial charge in [0.05, 0.1) is 5.52 Å². The van der Waals surface area contributed by atoms with Crippen LogP contribution in [0, 0.1) is 19.7 Å². The predicted molar refractivity (Wildman–Crippen MR) is 110 cm³/mol. The van der Waals surface area contributed by atoms with Crippen LogP contribution >= 0.6 is 12.4 Å². The highest BCUT2D eigenvalue weighted by Crippen LogP contribution is 2.31. The van der Waals surface area contributed by atoms with Gasteiger partial charge in [-0.2, -0.15) is 0 Å². The topological polar surface area (TPSA) is 21.1 Å². The van der Waals surface area contributed by atoms with Crippen molar-refractivity contribution >= 4 is 29.1 Å². The molecule has 2 heterocycles. The molecule has 0 saturated carbocycles. The van der Waals surface area contributed by atoms with Crippen molar-refractivity contribution in [1.29, 1.82) is 0 Å². The minimum Gasteiger partial charge on any atom is -0.354 e. The van der Waals surface area contributed by atoms with E-state index in [1.165, 1.54) is 28.8 Å². The number of rotatable bonds is 6.